The Morgan fingerprint density at radius 3 is 2.63 bits per heavy atom. The van der Waals surface area contributed by atoms with Gasteiger partial charge in [0.05, 0.1) is 0 Å². The number of nitrogens with zero attached hydrogens (tertiary/aromatic N) is 1. The number of likely N-dealkylation sites (tertiary alicyclic amines) is 1. The van der Waals surface area contributed by atoms with Crippen LogP contribution in [0, 0.1) is 5.41 Å². The largest absolute Gasteiger partial charge is 0.399 e. The Balaban J connectivity index is 1.98. The number of piperidine rings is 1. The Morgan fingerprint density at radius 2 is 2.00 bits per heavy atom. The molecule has 3 nitrogen and oxygen atoms in total. The van der Waals surface area contributed by atoms with E-state index in [0.29, 0.717) is 0 Å². The smallest absolute Gasteiger partial charge is 0.246 e. The lowest BCUT2D eigenvalue weighted by Crippen LogP contribution is -2.42. The van der Waals surface area contributed by atoms with Crippen molar-refractivity contribution < 1.29 is 4.79 Å². The van der Waals surface area contributed by atoms with Gasteiger partial charge in [-0.2, -0.15) is 0 Å². The molecule has 1 aliphatic rings. The summed E-state index contributed by atoms with van der Waals surface area (Å²) in [5, 5.41) is 0. The lowest BCUT2D eigenvalue weighted by atomic mass is 9.84. The van der Waals surface area contributed by atoms with Crippen molar-refractivity contribution in [2.45, 2.75) is 26.7 Å². The third-order valence-corrected chi connectivity index (χ3v) is 3.57. The summed E-state index contributed by atoms with van der Waals surface area (Å²) in [6, 6.07) is 7.51. The first-order valence-corrected chi connectivity index (χ1v) is 6.79. The number of nitrogens with two attached hydrogens (primary N) is 1. The molecule has 1 aliphatic heterocycles. The highest BCUT2D eigenvalue weighted by molar-refractivity contribution is 5.91. The fraction of sp³-hybridized carbons (Fsp3) is 0.438. The molecule has 0 saturated carbocycles. The monoisotopic (exact) mass is 258 g/mol. The fourth-order valence-corrected chi connectivity index (χ4v) is 2.49. The molecule has 0 spiro atoms. The van der Waals surface area contributed by atoms with Crippen LogP contribution in [0.3, 0.4) is 0 Å². The van der Waals surface area contributed by atoms with Crippen molar-refractivity contribution in [1.29, 1.82) is 0 Å². The van der Waals surface area contributed by atoms with Crippen LogP contribution in [-0.2, 0) is 4.79 Å². The summed E-state index contributed by atoms with van der Waals surface area (Å²) >= 11 is 0. The van der Waals surface area contributed by atoms with Gasteiger partial charge in [-0.3, -0.25) is 4.79 Å². The van der Waals surface area contributed by atoms with Gasteiger partial charge < -0.3 is 10.6 Å². The van der Waals surface area contributed by atoms with E-state index in [2.05, 4.69) is 13.8 Å². The van der Waals surface area contributed by atoms with E-state index < -0.39 is 0 Å². The number of rotatable bonds is 2. The van der Waals surface area contributed by atoms with Gasteiger partial charge in [0, 0.05) is 24.9 Å². The van der Waals surface area contributed by atoms with Gasteiger partial charge in [0.1, 0.15) is 0 Å². The average Bonchev–Trinajstić information content (AvgIpc) is 2.36. The molecular weight excluding hydrogens is 236 g/mol. The van der Waals surface area contributed by atoms with Crippen LogP contribution in [-0.4, -0.2) is 23.9 Å². The fourth-order valence-electron chi connectivity index (χ4n) is 2.49. The van der Waals surface area contributed by atoms with Gasteiger partial charge in [-0.25, -0.2) is 0 Å². The third-order valence-electron chi connectivity index (χ3n) is 3.57. The Morgan fingerprint density at radius 1 is 1.32 bits per heavy atom. The van der Waals surface area contributed by atoms with Crippen LogP contribution in [0.25, 0.3) is 6.08 Å². The SMILES string of the molecule is CC1(C)CCCN(C(=O)/C=C/c2ccc(N)cc2)C1. The minimum atomic E-state index is 0.101. The molecular formula is C16H22N2O. The molecule has 102 valence electrons. The number of nitrogen functional groups attached to an aromatic ring is 1. The number of hydrogen-bond donors (Lipinski definition) is 1. The van der Waals surface area contributed by atoms with E-state index >= 15 is 0 Å². The van der Waals surface area contributed by atoms with E-state index in [1.807, 2.05) is 35.2 Å². The molecule has 1 heterocycles. The second-order valence-electron chi connectivity index (χ2n) is 6.03. The van der Waals surface area contributed by atoms with Crippen LogP contribution in [0.15, 0.2) is 30.3 Å². The number of amides is 1. The number of anilines is 1. The van der Waals surface area contributed by atoms with E-state index in [9.17, 15) is 4.79 Å². The molecule has 1 aromatic rings. The highest BCUT2D eigenvalue weighted by Gasteiger charge is 2.27. The summed E-state index contributed by atoms with van der Waals surface area (Å²) < 4.78 is 0. The van der Waals surface area contributed by atoms with Crippen molar-refractivity contribution in [2.24, 2.45) is 5.41 Å². The summed E-state index contributed by atoms with van der Waals surface area (Å²) in [7, 11) is 0. The van der Waals surface area contributed by atoms with Gasteiger partial charge in [-0.05, 0) is 42.0 Å². The standard InChI is InChI=1S/C16H22N2O/c1-16(2)10-3-11-18(12-16)15(19)9-6-13-4-7-14(17)8-5-13/h4-9H,3,10-12,17H2,1-2H3/b9-6+. The van der Waals surface area contributed by atoms with E-state index in [1.165, 1.54) is 6.42 Å². The summed E-state index contributed by atoms with van der Waals surface area (Å²) in [6.07, 6.45) is 5.79. The molecule has 2 N–H and O–H groups in total. The van der Waals surface area contributed by atoms with Crippen LogP contribution in [0.4, 0.5) is 5.69 Å². The maximum Gasteiger partial charge on any atom is 0.246 e. The summed E-state index contributed by atoms with van der Waals surface area (Å²) in [4.78, 5) is 14.1. The minimum absolute atomic E-state index is 0.101. The predicted molar refractivity (Wildman–Crippen MR) is 79.5 cm³/mol. The van der Waals surface area contributed by atoms with Crippen LogP contribution >= 0.6 is 0 Å². The molecule has 19 heavy (non-hydrogen) atoms. The predicted octanol–water partition coefficient (Wildman–Crippen LogP) is 2.93. The Bertz CT molecular complexity index is 474. The van der Waals surface area contributed by atoms with E-state index in [4.69, 9.17) is 5.73 Å². The summed E-state index contributed by atoms with van der Waals surface area (Å²) in [6.45, 7) is 6.15. The molecule has 1 fully saturated rings. The zero-order valence-corrected chi connectivity index (χ0v) is 11.7. The highest BCUT2D eigenvalue weighted by Crippen LogP contribution is 2.28. The Hall–Kier alpha value is -1.77. The molecule has 0 aromatic heterocycles. The number of carbonyl (C=O) groups excluding carboxylic acids is 1. The van der Waals surface area contributed by atoms with Crippen molar-refractivity contribution >= 4 is 17.7 Å². The average molecular weight is 258 g/mol. The van der Waals surface area contributed by atoms with Crippen LogP contribution in [0.2, 0.25) is 0 Å². The first-order valence-electron chi connectivity index (χ1n) is 6.79. The van der Waals surface area contributed by atoms with Gasteiger partial charge >= 0.3 is 0 Å². The topological polar surface area (TPSA) is 46.3 Å². The normalized spacial score (nSPS) is 18.7. The molecule has 1 aromatic carbocycles. The number of benzene rings is 1. The molecule has 1 saturated heterocycles. The quantitative estimate of drug-likeness (QED) is 0.655. The zero-order chi connectivity index (χ0) is 13.9. The van der Waals surface area contributed by atoms with E-state index in [-0.39, 0.29) is 11.3 Å². The molecule has 0 unspecified atom stereocenters. The van der Waals surface area contributed by atoms with Crippen molar-refractivity contribution in [3.8, 4) is 0 Å². The lowest BCUT2D eigenvalue weighted by Gasteiger charge is -2.37. The van der Waals surface area contributed by atoms with Gasteiger partial charge in [0.15, 0.2) is 0 Å². The molecule has 2 rings (SSSR count). The maximum absolute atomic E-state index is 12.1. The van der Waals surface area contributed by atoms with Crippen molar-refractivity contribution in [2.75, 3.05) is 18.8 Å². The molecule has 0 radical (unpaired) electrons. The van der Waals surface area contributed by atoms with Gasteiger partial charge in [0.25, 0.3) is 0 Å². The van der Waals surface area contributed by atoms with Crippen molar-refractivity contribution in [1.82, 2.24) is 4.90 Å². The summed E-state index contributed by atoms with van der Waals surface area (Å²) in [5.74, 6) is 0.101. The summed E-state index contributed by atoms with van der Waals surface area (Å²) in [5.41, 5.74) is 7.61. The molecule has 0 bridgehead atoms. The Kier molecular flexibility index (Phi) is 3.93. The van der Waals surface area contributed by atoms with Crippen LogP contribution in [0.5, 0.6) is 0 Å². The highest BCUT2D eigenvalue weighted by atomic mass is 16.2. The van der Waals surface area contributed by atoms with Crippen molar-refractivity contribution in [3.63, 3.8) is 0 Å². The van der Waals surface area contributed by atoms with Gasteiger partial charge in [0.2, 0.25) is 5.91 Å². The van der Waals surface area contributed by atoms with E-state index in [1.54, 1.807) is 6.08 Å². The number of carbonyl (C=O) groups is 1. The second-order valence-corrected chi connectivity index (χ2v) is 6.03. The van der Waals surface area contributed by atoms with Crippen molar-refractivity contribution in [3.05, 3.63) is 35.9 Å². The van der Waals surface area contributed by atoms with Gasteiger partial charge in [-0.15, -0.1) is 0 Å². The lowest BCUT2D eigenvalue weighted by molar-refractivity contribution is -0.128. The number of hydrogen-bond acceptors (Lipinski definition) is 2. The van der Waals surface area contributed by atoms with Crippen LogP contribution in [0.1, 0.15) is 32.3 Å². The molecule has 0 atom stereocenters. The molecule has 3 heteroatoms. The molecule has 0 aliphatic carbocycles. The Labute approximate surface area is 115 Å². The van der Waals surface area contributed by atoms with Crippen LogP contribution < -0.4 is 5.73 Å². The first-order chi connectivity index (χ1) is 8.96. The van der Waals surface area contributed by atoms with Gasteiger partial charge in [-0.1, -0.05) is 26.0 Å². The third kappa shape index (κ3) is 3.85. The maximum atomic E-state index is 12.1. The zero-order valence-electron chi connectivity index (χ0n) is 11.7. The van der Waals surface area contributed by atoms with E-state index in [0.717, 1.165) is 30.8 Å². The second kappa shape index (κ2) is 5.47. The first kappa shape index (κ1) is 13.7. The molecule has 1 amide bonds. The minimum Gasteiger partial charge on any atom is -0.399 e.